The summed E-state index contributed by atoms with van der Waals surface area (Å²) in [5, 5.41) is 9.44. The minimum absolute atomic E-state index is 0.322. The minimum atomic E-state index is -1.01. The van der Waals surface area contributed by atoms with Crippen molar-refractivity contribution in [3.8, 4) is 0 Å². The molecule has 0 heterocycles. The fourth-order valence-electron chi connectivity index (χ4n) is 4.86. The van der Waals surface area contributed by atoms with Crippen molar-refractivity contribution in [3.05, 3.63) is 36.5 Å². The molecule has 40 heavy (non-hydrogen) atoms. The summed E-state index contributed by atoms with van der Waals surface area (Å²) in [6.45, 7) is 4.41. The van der Waals surface area contributed by atoms with E-state index in [1.807, 2.05) is 0 Å². The van der Waals surface area contributed by atoms with Crippen LogP contribution in [0.4, 0.5) is 0 Å². The monoisotopic (exact) mass is 560 g/mol. The summed E-state index contributed by atoms with van der Waals surface area (Å²) in [4.78, 5) is 23.7. The number of carbonyl (C=O) groups is 2. The number of carboxylic acids is 1. The number of unbranched alkanes of at least 4 members (excludes halogenated alkanes) is 18. The molecule has 4 nitrogen and oxygen atoms in total. The molecule has 0 fully saturated rings. The third kappa shape index (κ3) is 29.2. The molecule has 0 aliphatic carbocycles. The van der Waals surface area contributed by atoms with Gasteiger partial charge in [-0.15, -0.1) is 0 Å². The van der Waals surface area contributed by atoms with Crippen molar-refractivity contribution in [2.75, 3.05) is 0 Å². The molecule has 0 aliphatic heterocycles. The molecule has 0 aromatic heterocycles. The Kier molecular flexibility index (Phi) is 30.2. The molecular formula is C36H64O4. The van der Waals surface area contributed by atoms with Crippen LogP contribution in [0.5, 0.6) is 0 Å². The van der Waals surface area contributed by atoms with Gasteiger partial charge in [-0.1, -0.05) is 153 Å². The van der Waals surface area contributed by atoms with Gasteiger partial charge in [0.2, 0.25) is 0 Å². The third-order valence-corrected chi connectivity index (χ3v) is 7.40. The highest BCUT2D eigenvalue weighted by molar-refractivity contribution is 5.77. The third-order valence-electron chi connectivity index (χ3n) is 7.40. The molecule has 0 saturated heterocycles. The lowest BCUT2D eigenvalue weighted by Crippen LogP contribution is -2.27. The minimum Gasteiger partial charge on any atom is -0.479 e. The number of carboxylic acid groups (broad SMARTS) is 1. The molecular weight excluding hydrogens is 496 g/mol. The van der Waals surface area contributed by atoms with E-state index in [1.54, 1.807) is 0 Å². The van der Waals surface area contributed by atoms with Crippen molar-refractivity contribution >= 4 is 11.9 Å². The second-order valence-corrected chi connectivity index (χ2v) is 11.3. The van der Waals surface area contributed by atoms with Gasteiger partial charge in [-0.3, -0.25) is 4.79 Å². The Morgan fingerprint density at radius 2 is 1.02 bits per heavy atom. The number of allylic oxidation sites excluding steroid dienone is 6. The van der Waals surface area contributed by atoms with Crippen molar-refractivity contribution in [2.45, 2.75) is 180 Å². The molecule has 0 saturated carbocycles. The van der Waals surface area contributed by atoms with Crippen LogP contribution in [0.3, 0.4) is 0 Å². The lowest BCUT2D eigenvalue weighted by Gasteiger charge is -2.13. The summed E-state index contributed by atoms with van der Waals surface area (Å²) < 4.78 is 5.29. The zero-order chi connectivity index (χ0) is 29.4. The summed E-state index contributed by atoms with van der Waals surface area (Å²) >= 11 is 0. The van der Waals surface area contributed by atoms with E-state index >= 15 is 0 Å². The molecule has 0 aliphatic rings. The fourth-order valence-corrected chi connectivity index (χ4v) is 4.86. The highest BCUT2D eigenvalue weighted by Gasteiger charge is 2.21. The van der Waals surface area contributed by atoms with Crippen LogP contribution in [0.1, 0.15) is 174 Å². The first kappa shape index (κ1) is 38.2. The van der Waals surface area contributed by atoms with Gasteiger partial charge in [-0.2, -0.15) is 0 Å². The van der Waals surface area contributed by atoms with Crippen LogP contribution >= 0.6 is 0 Å². The van der Waals surface area contributed by atoms with Gasteiger partial charge >= 0.3 is 11.9 Å². The van der Waals surface area contributed by atoms with Crippen molar-refractivity contribution in [2.24, 2.45) is 0 Å². The number of ether oxygens (including phenoxy) is 1. The normalized spacial score (nSPS) is 12.7. The fraction of sp³-hybridized carbons (Fsp3) is 0.778. The highest BCUT2D eigenvalue weighted by atomic mass is 16.6. The van der Waals surface area contributed by atoms with Gasteiger partial charge < -0.3 is 9.84 Å². The molecule has 0 aromatic rings. The van der Waals surface area contributed by atoms with Gasteiger partial charge in [0.25, 0.3) is 0 Å². The van der Waals surface area contributed by atoms with Crippen LogP contribution in [-0.4, -0.2) is 23.1 Å². The first-order valence-electron chi connectivity index (χ1n) is 17.0. The largest absolute Gasteiger partial charge is 0.479 e. The maximum absolute atomic E-state index is 12.1. The Labute approximate surface area is 248 Å². The average molecular weight is 561 g/mol. The molecule has 0 spiro atoms. The van der Waals surface area contributed by atoms with E-state index in [-0.39, 0.29) is 5.97 Å². The number of carbonyl (C=O) groups excluding carboxylic acids is 1. The zero-order valence-electron chi connectivity index (χ0n) is 26.4. The van der Waals surface area contributed by atoms with Crippen molar-refractivity contribution < 1.29 is 19.4 Å². The molecule has 0 radical (unpaired) electrons. The number of hydrogen-bond acceptors (Lipinski definition) is 3. The molecule has 1 atom stereocenters. The van der Waals surface area contributed by atoms with Crippen molar-refractivity contribution in [1.82, 2.24) is 0 Å². The standard InChI is InChI=1S/C36H64O4/c1-3-5-7-9-11-13-15-17-19-21-23-25-27-29-31-33-35(37)40-34(36(38)39)32-30-28-26-24-22-20-18-16-14-12-10-8-6-4-2/h5,7,11,13,17,19,34H,3-4,6,8-10,12,14-16,18,20-33H2,1-2H3,(H,38,39)/b7-5-,13-11-,19-17-. The van der Waals surface area contributed by atoms with Gasteiger partial charge in [0.1, 0.15) is 0 Å². The number of esters is 1. The first-order chi connectivity index (χ1) is 19.6. The Bertz CT molecular complexity index is 649. The molecule has 0 aromatic carbocycles. The summed E-state index contributed by atoms with van der Waals surface area (Å²) in [6.07, 6.45) is 40.2. The Balaban J connectivity index is 3.62. The Morgan fingerprint density at radius 3 is 1.55 bits per heavy atom. The van der Waals surface area contributed by atoms with Crippen molar-refractivity contribution in [3.63, 3.8) is 0 Å². The topological polar surface area (TPSA) is 63.6 Å². The van der Waals surface area contributed by atoms with E-state index in [0.717, 1.165) is 70.6 Å². The van der Waals surface area contributed by atoms with Gasteiger partial charge in [0.05, 0.1) is 0 Å². The predicted octanol–water partition coefficient (Wildman–Crippen LogP) is 11.4. The van der Waals surface area contributed by atoms with E-state index in [1.165, 1.54) is 77.0 Å². The van der Waals surface area contributed by atoms with Gasteiger partial charge in [0.15, 0.2) is 6.10 Å². The zero-order valence-corrected chi connectivity index (χ0v) is 26.4. The van der Waals surface area contributed by atoms with Crippen LogP contribution in [0.2, 0.25) is 0 Å². The predicted molar refractivity (Wildman–Crippen MR) is 172 cm³/mol. The lowest BCUT2D eigenvalue weighted by atomic mass is 10.0. The Morgan fingerprint density at radius 1 is 0.575 bits per heavy atom. The average Bonchev–Trinajstić information content (AvgIpc) is 2.94. The van der Waals surface area contributed by atoms with Crippen molar-refractivity contribution in [1.29, 1.82) is 0 Å². The molecule has 0 bridgehead atoms. The molecule has 0 amide bonds. The van der Waals surface area contributed by atoms with Gasteiger partial charge in [-0.25, -0.2) is 4.79 Å². The molecule has 1 N–H and O–H groups in total. The SMILES string of the molecule is CC/C=C\C/C=C\C/C=C\CCCCCCCC(=O)OC(CCCCCCCCCCCCCCCC)C(=O)O. The first-order valence-corrected chi connectivity index (χ1v) is 17.0. The maximum atomic E-state index is 12.1. The Hall–Kier alpha value is -1.84. The number of rotatable bonds is 30. The quantitative estimate of drug-likeness (QED) is 0.0539. The molecule has 1 unspecified atom stereocenters. The van der Waals surface area contributed by atoms with E-state index in [2.05, 4.69) is 50.3 Å². The summed E-state index contributed by atoms with van der Waals surface area (Å²) in [5.74, 6) is -1.38. The second kappa shape index (κ2) is 31.7. The molecule has 0 rings (SSSR count). The highest BCUT2D eigenvalue weighted by Crippen LogP contribution is 2.15. The number of hydrogen-bond donors (Lipinski definition) is 1. The second-order valence-electron chi connectivity index (χ2n) is 11.3. The maximum Gasteiger partial charge on any atom is 0.345 e. The lowest BCUT2D eigenvalue weighted by molar-refractivity contribution is -0.164. The summed E-state index contributed by atoms with van der Waals surface area (Å²) in [7, 11) is 0. The van der Waals surface area contributed by atoms with Crippen LogP contribution in [0.15, 0.2) is 36.5 Å². The molecule has 4 heteroatoms. The van der Waals surface area contributed by atoms with Crippen LogP contribution < -0.4 is 0 Å². The smallest absolute Gasteiger partial charge is 0.345 e. The summed E-state index contributed by atoms with van der Waals surface area (Å²) in [6, 6.07) is 0. The summed E-state index contributed by atoms with van der Waals surface area (Å²) in [5.41, 5.74) is 0. The molecule has 232 valence electrons. The van der Waals surface area contributed by atoms with E-state index in [0.29, 0.717) is 12.8 Å². The van der Waals surface area contributed by atoms with E-state index < -0.39 is 12.1 Å². The van der Waals surface area contributed by atoms with Crippen LogP contribution in [0.25, 0.3) is 0 Å². The van der Waals surface area contributed by atoms with Gasteiger partial charge in [-0.05, 0) is 51.4 Å². The van der Waals surface area contributed by atoms with E-state index in [4.69, 9.17) is 4.74 Å². The van der Waals surface area contributed by atoms with Crippen LogP contribution in [0, 0.1) is 0 Å². The number of aliphatic carboxylic acids is 1. The van der Waals surface area contributed by atoms with Gasteiger partial charge in [0, 0.05) is 6.42 Å². The van der Waals surface area contributed by atoms with Crippen LogP contribution in [-0.2, 0) is 14.3 Å². The van der Waals surface area contributed by atoms with E-state index in [9.17, 15) is 14.7 Å².